The Hall–Kier alpha value is -0.0800. The number of likely N-dealkylation sites (N-methyl/N-ethyl adjacent to an activating group) is 2. The maximum Gasteiger partial charge on any atom is 0.0265 e. The van der Waals surface area contributed by atoms with Gasteiger partial charge in [-0.15, -0.1) is 0 Å². The van der Waals surface area contributed by atoms with Crippen molar-refractivity contribution in [3.8, 4) is 0 Å². The molecule has 0 saturated heterocycles. The molecule has 0 N–H and O–H groups in total. The van der Waals surface area contributed by atoms with E-state index in [4.69, 9.17) is 0 Å². The summed E-state index contributed by atoms with van der Waals surface area (Å²) in [6.07, 6.45) is 0. The summed E-state index contributed by atoms with van der Waals surface area (Å²) in [6.45, 7) is 8.00. The van der Waals surface area contributed by atoms with Crippen molar-refractivity contribution in [1.29, 1.82) is 0 Å². The first-order valence-corrected chi connectivity index (χ1v) is 4.56. The van der Waals surface area contributed by atoms with Crippen LogP contribution in [0.2, 0.25) is 0 Å². The molecule has 1 atom stereocenters. The Morgan fingerprint density at radius 3 is 1.50 bits per heavy atom. The van der Waals surface area contributed by atoms with Gasteiger partial charge < -0.3 is 9.80 Å². The highest BCUT2D eigenvalue weighted by molar-refractivity contribution is 4.81. The molecule has 2 heteroatoms. The Bertz CT molecular complexity index is 122. The van der Waals surface area contributed by atoms with E-state index in [1.54, 1.807) is 0 Å². The van der Waals surface area contributed by atoms with Gasteiger partial charge in [-0.1, -0.05) is 20.8 Å². The summed E-state index contributed by atoms with van der Waals surface area (Å²) in [5, 5.41) is 0. The van der Waals surface area contributed by atoms with Crippen molar-refractivity contribution >= 4 is 0 Å². The van der Waals surface area contributed by atoms with Gasteiger partial charge in [-0.25, -0.2) is 0 Å². The van der Waals surface area contributed by atoms with Gasteiger partial charge >= 0.3 is 0 Å². The van der Waals surface area contributed by atoms with Crippen LogP contribution >= 0.6 is 0 Å². The first-order valence-electron chi connectivity index (χ1n) is 4.56. The van der Waals surface area contributed by atoms with E-state index in [2.05, 4.69) is 58.8 Å². The predicted molar refractivity (Wildman–Crippen MR) is 55.5 cm³/mol. The van der Waals surface area contributed by atoms with Crippen molar-refractivity contribution in [2.75, 3.05) is 34.7 Å². The number of hydrogen-bond acceptors (Lipinski definition) is 2. The third kappa shape index (κ3) is 4.07. The minimum atomic E-state index is 0.355. The van der Waals surface area contributed by atoms with Crippen LogP contribution in [-0.4, -0.2) is 50.6 Å². The standard InChI is InChI=1S/C10H24N2/c1-10(2,3)9(12(6)7)8-11(4)5/h9H,8H2,1-7H3. The van der Waals surface area contributed by atoms with Gasteiger partial charge in [-0.2, -0.15) is 0 Å². The molecule has 0 fully saturated rings. The summed E-state index contributed by atoms with van der Waals surface area (Å²) in [4.78, 5) is 4.55. The summed E-state index contributed by atoms with van der Waals surface area (Å²) >= 11 is 0. The van der Waals surface area contributed by atoms with E-state index in [-0.39, 0.29) is 0 Å². The Morgan fingerprint density at radius 2 is 1.42 bits per heavy atom. The van der Waals surface area contributed by atoms with Gasteiger partial charge in [0.05, 0.1) is 0 Å². The third-order valence-corrected chi connectivity index (χ3v) is 2.16. The molecule has 0 aliphatic heterocycles. The van der Waals surface area contributed by atoms with E-state index in [9.17, 15) is 0 Å². The molecule has 0 spiro atoms. The molecule has 0 aromatic heterocycles. The van der Waals surface area contributed by atoms with E-state index in [0.29, 0.717) is 11.5 Å². The molecule has 0 heterocycles. The molecule has 0 aliphatic carbocycles. The van der Waals surface area contributed by atoms with Crippen molar-refractivity contribution in [2.45, 2.75) is 26.8 Å². The highest BCUT2D eigenvalue weighted by atomic mass is 15.2. The van der Waals surface area contributed by atoms with Crippen molar-refractivity contribution in [3.05, 3.63) is 0 Å². The monoisotopic (exact) mass is 172 g/mol. The van der Waals surface area contributed by atoms with Crippen LogP contribution < -0.4 is 0 Å². The molecule has 0 saturated carbocycles. The highest BCUT2D eigenvalue weighted by Crippen LogP contribution is 2.22. The molecule has 0 aromatic carbocycles. The van der Waals surface area contributed by atoms with Crippen LogP contribution in [0, 0.1) is 5.41 Å². The van der Waals surface area contributed by atoms with Crippen molar-refractivity contribution in [2.24, 2.45) is 5.41 Å². The van der Waals surface area contributed by atoms with Crippen molar-refractivity contribution in [1.82, 2.24) is 9.80 Å². The molecule has 2 nitrogen and oxygen atoms in total. The van der Waals surface area contributed by atoms with Crippen LogP contribution in [0.15, 0.2) is 0 Å². The minimum absolute atomic E-state index is 0.355. The molecular weight excluding hydrogens is 148 g/mol. The van der Waals surface area contributed by atoms with E-state index >= 15 is 0 Å². The SMILES string of the molecule is CN(C)CC(N(C)C)C(C)(C)C. The minimum Gasteiger partial charge on any atom is -0.308 e. The molecule has 0 aliphatic rings. The Balaban J connectivity index is 4.25. The third-order valence-electron chi connectivity index (χ3n) is 2.16. The quantitative estimate of drug-likeness (QED) is 0.637. The summed E-state index contributed by atoms with van der Waals surface area (Å²) in [7, 11) is 8.56. The second-order valence-electron chi connectivity index (χ2n) is 5.11. The van der Waals surface area contributed by atoms with Crippen molar-refractivity contribution in [3.63, 3.8) is 0 Å². The van der Waals surface area contributed by atoms with Crippen LogP contribution in [-0.2, 0) is 0 Å². The second kappa shape index (κ2) is 4.24. The van der Waals surface area contributed by atoms with Gasteiger partial charge in [0.15, 0.2) is 0 Å². The Morgan fingerprint density at radius 1 is 1.00 bits per heavy atom. The molecular formula is C10H24N2. The molecule has 0 aromatic rings. The number of hydrogen-bond donors (Lipinski definition) is 0. The zero-order valence-electron chi connectivity index (χ0n) is 9.68. The van der Waals surface area contributed by atoms with E-state index in [1.807, 2.05) is 0 Å². The molecule has 74 valence electrons. The van der Waals surface area contributed by atoms with Crippen LogP contribution in [0.3, 0.4) is 0 Å². The smallest absolute Gasteiger partial charge is 0.0265 e. The number of rotatable bonds is 3. The van der Waals surface area contributed by atoms with Crippen molar-refractivity contribution < 1.29 is 0 Å². The maximum atomic E-state index is 2.31. The lowest BCUT2D eigenvalue weighted by atomic mass is 9.86. The maximum absolute atomic E-state index is 2.31. The first-order chi connectivity index (χ1) is 5.25. The number of nitrogens with zero attached hydrogens (tertiary/aromatic N) is 2. The van der Waals surface area contributed by atoms with Gasteiger partial charge in [0.25, 0.3) is 0 Å². The molecule has 0 radical (unpaired) electrons. The van der Waals surface area contributed by atoms with E-state index in [0.717, 1.165) is 6.54 Å². The lowest BCUT2D eigenvalue weighted by Crippen LogP contribution is -2.46. The normalized spacial score (nSPS) is 15.8. The molecule has 0 bridgehead atoms. The molecule has 12 heavy (non-hydrogen) atoms. The van der Waals surface area contributed by atoms with Crippen LogP contribution in [0.5, 0.6) is 0 Å². The summed E-state index contributed by atoms with van der Waals surface area (Å²) in [6, 6.07) is 0.618. The van der Waals surface area contributed by atoms with Gasteiger partial charge in [0, 0.05) is 12.6 Å². The predicted octanol–water partition coefficient (Wildman–Crippen LogP) is 1.52. The lowest BCUT2D eigenvalue weighted by molar-refractivity contribution is 0.119. The lowest BCUT2D eigenvalue weighted by Gasteiger charge is -2.37. The van der Waals surface area contributed by atoms with Crippen LogP contribution in [0.1, 0.15) is 20.8 Å². The molecule has 1 unspecified atom stereocenters. The zero-order chi connectivity index (χ0) is 9.94. The zero-order valence-corrected chi connectivity index (χ0v) is 9.68. The van der Waals surface area contributed by atoms with Gasteiger partial charge in [-0.3, -0.25) is 0 Å². The first kappa shape index (κ1) is 11.9. The van der Waals surface area contributed by atoms with Crippen LogP contribution in [0.25, 0.3) is 0 Å². The highest BCUT2D eigenvalue weighted by Gasteiger charge is 2.26. The molecule has 0 amide bonds. The second-order valence-corrected chi connectivity index (χ2v) is 5.11. The Labute approximate surface area is 77.5 Å². The Kier molecular flexibility index (Phi) is 4.21. The summed E-state index contributed by atoms with van der Waals surface area (Å²) in [5.74, 6) is 0. The fraction of sp³-hybridized carbons (Fsp3) is 1.00. The van der Waals surface area contributed by atoms with Gasteiger partial charge in [0.1, 0.15) is 0 Å². The topological polar surface area (TPSA) is 6.48 Å². The fourth-order valence-corrected chi connectivity index (χ4v) is 1.56. The van der Waals surface area contributed by atoms with Gasteiger partial charge in [0.2, 0.25) is 0 Å². The average molecular weight is 172 g/mol. The molecule has 0 rings (SSSR count). The van der Waals surface area contributed by atoms with Crippen LogP contribution in [0.4, 0.5) is 0 Å². The summed E-state index contributed by atoms with van der Waals surface area (Å²) in [5.41, 5.74) is 0.355. The summed E-state index contributed by atoms with van der Waals surface area (Å²) < 4.78 is 0. The van der Waals surface area contributed by atoms with Gasteiger partial charge in [-0.05, 0) is 33.6 Å². The van der Waals surface area contributed by atoms with E-state index in [1.165, 1.54) is 0 Å². The fourth-order valence-electron chi connectivity index (χ4n) is 1.56. The largest absolute Gasteiger partial charge is 0.308 e. The van der Waals surface area contributed by atoms with E-state index < -0.39 is 0 Å². The average Bonchev–Trinajstić information content (AvgIpc) is 1.79.